The average molecular weight is 504 g/mol. The summed E-state index contributed by atoms with van der Waals surface area (Å²) in [6.07, 6.45) is 5.86. The maximum atomic E-state index is 13.3. The van der Waals surface area contributed by atoms with Crippen LogP contribution in [0.1, 0.15) is 33.6 Å². The molecule has 3 N–H and O–H groups in total. The van der Waals surface area contributed by atoms with Gasteiger partial charge in [0.2, 0.25) is 11.8 Å². The Morgan fingerprint density at radius 1 is 0.969 bits per heavy atom. The van der Waals surface area contributed by atoms with E-state index in [9.17, 15) is 14.4 Å². The number of halogens is 1. The highest BCUT2D eigenvalue weighted by Gasteiger charge is 2.69. The zero-order valence-corrected chi connectivity index (χ0v) is 20.2. The largest absolute Gasteiger partial charge is 0.444 e. The van der Waals surface area contributed by atoms with Crippen molar-refractivity contribution in [3.05, 3.63) is 40.9 Å². The summed E-state index contributed by atoms with van der Waals surface area (Å²) < 4.78 is 6.14. The van der Waals surface area contributed by atoms with E-state index in [1.54, 1.807) is 20.8 Å². The molecule has 172 valence electrons. The SMILES string of the molecule is CC(C)(C)OC(=O)NCCNC(=O)[C@H]1[C@H](C(=O)Nc2ccc(Br)cc2)[C@@H]2C=C[C@H]1C21CC1. The molecule has 0 saturated heterocycles. The molecule has 4 rings (SSSR count). The van der Waals surface area contributed by atoms with Gasteiger partial charge in [-0.2, -0.15) is 0 Å². The Balaban J connectivity index is 1.38. The first-order valence-corrected chi connectivity index (χ1v) is 11.9. The fourth-order valence-electron chi connectivity index (χ4n) is 5.25. The lowest BCUT2D eigenvalue weighted by atomic mass is 9.81. The van der Waals surface area contributed by atoms with Crippen LogP contribution < -0.4 is 16.0 Å². The van der Waals surface area contributed by atoms with E-state index < -0.39 is 23.5 Å². The van der Waals surface area contributed by atoms with Crippen LogP contribution in [0.15, 0.2) is 40.9 Å². The van der Waals surface area contributed by atoms with E-state index in [2.05, 4.69) is 44.0 Å². The van der Waals surface area contributed by atoms with Gasteiger partial charge in [0.15, 0.2) is 0 Å². The van der Waals surface area contributed by atoms with Crippen molar-refractivity contribution in [2.75, 3.05) is 18.4 Å². The molecule has 3 amide bonds. The van der Waals surface area contributed by atoms with Gasteiger partial charge in [-0.3, -0.25) is 9.59 Å². The number of ether oxygens (including phenoxy) is 1. The maximum absolute atomic E-state index is 13.3. The topological polar surface area (TPSA) is 96.5 Å². The van der Waals surface area contributed by atoms with E-state index in [0.29, 0.717) is 0 Å². The quantitative estimate of drug-likeness (QED) is 0.405. The molecular formula is C24H30BrN3O4. The van der Waals surface area contributed by atoms with Gasteiger partial charge < -0.3 is 20.7 Å². The summed E-state index contributed by atoms with van der Waals surface area (Å²) in [5.74, 6) is -0.845. The van der Waals surface area contributed by atoms with Gasteiger partial charge in [-0.05, 0) is 75.1 Å². The van der Waals surface area contributed by atoms with Crippen LogP contribution >= 0.6 is 15.9 Å². The van der Waals surface area contributed by atoms with E-state index in [4.69, 9.17) is 4.74 Å². The Hall–Kier alpha value is -2.35. The summed E-state index contributed by atoms with van der Waals surface area (Å²) in [7, 11) is 0. The fourth-order valence-corrected chi connectivity index (χ4v) is 5.52. The van der Waals surface area contributed by atoms with Crippen molar-refractivity contribution in [1.29, 1.82) is 0 Å². The van der Waals surface area contributed by atoms with Crippen LogP contribution in [0.5, 0.6) is 0 Å². The van der Waals surface area contributed by atoms with E-state index in [0.717, 1.165) is 23.0 Å². The minimum atomic E-state index is -0.573. The van der Waals surface area contributed by atoms with Crippen LogP contribution in [0.25, 0.3) is 0 Å². The summed E-state index contributed by atoms with van der Waals surface area (Å²) in [6.45, 7) is 5.93. The van der Waals surface area contributed by atoms with Gasteiger partial charge in [0.1, 0.15) is 5.60 Å². The van der Waals surface area contributed by atoms with Crippen molar-refractivity contribution in [2.45, 2.75) is 39.2 Å². The average Bonchev–Trinajstić information content (AvgIpc) is 3.38. The Labute approximate surface area is 196 Å². The van der Waals surface area contributed by atoms with E-state index >= 15 is 0 Å². The molecule has 7 nitrogen and oxygen atoms in total. The van der Waals surface area contributed by atoms with Crippen LogP contribution in [0.3, 0.4) is 0 Å². The molecule has 8 heteroatoms. The second-order valence-electron chi connectivity index (χ2n) is 9.94. The smallest absolute Gasteiger partial charge is 0.407 e. The first-order chi connectivity index (χ1) is 15.1. The lowest BCUT2D eigenvalue weighted by Gasteiger charge is -2.26. The molecule has 3 aliphatic rings. The van der Waals surface area contributed by atoms with Gasteiger partial charge in [-0.25, -0.2) is 4.79 Å². The summed E-state index contributed by atoms with van der Waals surface area (Å²) in [5, 5.41) is 8.57. The number of alkyl carbamates (subject to hydrolysis) is 1. The van der Waals surface area contributed by atoms with E-state index in [-0.39, 0.29) is 42.2 Å². The molecule has 2 fully saturated rings. The van der Waals surface area contributed by atoms with Crippen molar-refractivity contribution in [2.24, 2.45) is 29.1 Å². The Kier molecular flexibility index (Phi) is 6.09. The van der Waals surface area contributed by atoms with Crippen LogP contribution in [0.2, 0.25) is 0 Å². The third-order valence-electron chi connectivity index (χ3n) is 6.65. The number of anilines is 1. The van der Waals surface area contributed by atoms with Crippen LogP contribution in [-0.2, 0) is 14.3 Å². The van der Waals surface area contributed by atoms with Crippen molar-refractivity contribution >= 4 is 39.5 Å². The zero-order valence-electron chi connectivity index (χ0n) is 18.6. The molecule has 2 saturated carbocycles. The molecule has 4 atom stereocenters. The first kappa shape index (κ1) is 22.8. The molecule has 0 unspecified atom stereocenters. The lowest BCUT2D eigenvalue weighted by Crippen LogP contribution is -2.44. The second-order valence-corrected chi connectivity index (χ2v) is 10.9. The van der Waals surface area contributed by atoms with Crippen molar-refractivity contribution in [3.63, 3.8) is 0 Å². The second kappa shape index (κ2) is 8.54. The number of carbonyl (C=O) groups excluding carboxylic acids is 3. The number of hydrogen-bond acceptors (Lipinski definition) is 4. The van der Waals surface area contributed by atoms with Gasteiger partial charge in [-0.1, -0.05) is 28.1 Å². The summed E-state index contributed by atoms with van der Waals surface area (Å²) in [5.41, 5.74) is 0.213. The van der Waals surface area contributed by atoms with E-state index in [1.807, 2.05) is 24.3 Å². The number of hydrogen-bond donors (Lipinski definition) is 3. The van der Waals surface area contributed by atoms with Gasteiger partial charge in [-0.15, -0.1) is 0 Å². The molecule has 0 aromatic heterocycles. The first-order valence-electron chi connectivity index (χ1n) is 11.1. The van der Waals surface area contributed by atoms with Crippen molar-refractivity contribution in [3.8, 4) is 0 Å². The fraction of sp³-hybridized carbons (Fsp3) is 0.542. The van der Waals surface area contributed by atoms with Gasteiger partial charge in [0, 0.05) is 23.2 Å². The molecule has 1 aromatic rings. The Morgan fingerprint density at radius 3 is 2.09 bits per heavy atom. The molecule has 32 heavy (non-hydrogen) atoms. The highest BCUT2D eigenvalue weighted by Crippen LogP contribution is 2.72. The lowest BCUT2D eigenvalue weighted by molar-refractivity contribution is -0.132. The minimum Gasteiger partial charge on any atom is -0.444 e. The number of rotatable bonds is 6. The number of amides is 3. The molecule has 0 aliphatic heterocycles. The minimum absolute atomic E-state index is 0.0680. The number of nitrogens with one attached hydrogen (secondary N) is 3. The molecule has 1 spiro atoms. The van der Waals surface area contributed by atoms with Crippen LogP contribution in [-0.4, -0.2) is 36.6 Å². The molecule has 3 aliphatic carbocycles. The third kappa shape index (κ3) is 4.56. The normalized spacial score (nSPS) is 26.6. The predicted octanol–water partition coefficient (Wildman–Crippen LogP) is 3.86. The van der Waals surface area contributed by atoms with Crippen molar-refractivity contribution < 1.29 is 19.1 Å². The summed E-state index contributed by atoms with van der Waals surface area (Å²) in [4.78, 5) is 38.2. The van der Waals surface area contributed by atoms with E-state index in [1.165, 1.54) is 0 Å². The Bertz CT molecular complexity index is 934. The summed E-state index contributed by atoms with van der Waals surface area (Å²) >= 11 is 3.40. The predicted molar refractivity (Wildman–Crippen MR) is 125 cm³/mol. The molecular weight excluding hydrogens is 474 g/mol. The standard InChI is InChI=1S/C24H30BrN3O4/c1-23(2,3)32-22(31)27-13-12-26-20(29)18-16-8-9-17(24(16)10-11-24)19(18)21(30)28-15-6-4-14(25)5-7-15/h4-9,16-19H,10-13H2,1-3H3,(H,26,29)(H,27,31)(H,28,30)/t16-,17+,18-,19-/m1/s1. The van der Waals surface area contributed by atoms with Crippen molar-refractivity contribution in [1.82, 2.24) is 10.6 Å². The maximum Gasteiger partial charge on any atom is 0.407 e. The molecule has 0 heterocycles. The van der Waals surface area contributed by atoms with Gasteiger partial charge in [0.05, 0.1) is 11.8 Å². The number of allylic oxidation sites excluding steroid dienone is 2. The molecule has 2 bridgehead atoms. The van der Waals surface area contributed by atoms with Gasteiger partial charge >= 0.3 is 6.09 Å². The molecule has 0 radical (unpaired) electrons. The number of benzene rings is 1. The highest BCUT2D eigenvalue weighted by atomic mass is 79.9. The summed E-state index contributed by atoms with van der Waals surface area (Å²) in [6, 6.07) is 7.44. The molecule has 1 aromatic carbocycles. The van der Waals surface area contributed by atoms with Gasteiger partial charge in [0.25, 0.3) is 0 Å². The number of carbonyl (C=O) groups is 3. The highest BCUT2D eigenvalue weighted by molar-refractivity contribution is 9.10. The van der Waals surface area contributed by atoms with Crippen LogP contribution in [0.4, 0.5) is 10.5 Å². The van der Waals surface area contributed by atoms with Crippen LogP contribution in [0, 0.1) is 29.1 Å². The zero-order chi connectivity index (χ0) is 23.1. The third-order valence-corrected chi connectivity index (χ3v) is 7.18. The Morgan fingerprint density at radius 2 is 1.53 bits per heavy atom. The monoisotopic (exact) mass is 503 g/mol.